The third-order valence-corrected chi connectivity index (χ3v) is 3.20. The van der Waals surface area contributed by atoms with Crippen molar-refractivity contribution in [3.05, 3.63) is 34.9 Å². The number of hydrogen-bond donors (Lipinski definition) is 1. The average molecular weight is 234 g/mol. The molecule has 0 fully saturated rings. The van der Waals surface area contributed by atoms with Crippen LogP contribution in [0.3, 0.4) is 0 Å². The smallest absolute Gasteiger partial charge is 0.339 e. The van der Waals surface area contributed by atoms with Crippen LogP contribution in [0.15, 0.2) is 18.2 Å². The lowest BCUT2D eigenvalue weighted by Gasteiger charge is -2.18. The second-order valence-electron chi connectivity index (χ2n) is 4.39. The Balaban J connectivity index is 2.18. The lowest BCUT2D eigenvalue weighted by atomic mass is 9.89. The lowest BCUT2D eigenvalue weighted by molar-refractivity contribution is -0.153. The molecule has 1 aromatic rings. The van der Waals surface area contributed by atoms with Crippen molar-refractivity contribution in [3.8, 4) is 0 Å². The molecule has 0 aliphatic heterocycles. The molecule has 0 aromatic heterocycles. The van der Waals surface area contributed by atoms with Crippen molar-refractivity contribution >= 4 is 5.97 Å². The molecule has 0 radical (unpaired) electrons. The molecule has 1 N–H and O–H groups in total. The van der Waals surface area contributed by atoms with Crippen LogP contribution in [0.4, 0.5) is 0 Å². The topological polar surface area (TPSA) is 46.5 Å². The summed E-state index contributed by atoms with van der Waals surface area (Å²) in [5, 5.41) is 9.85. The monoisotopic (exact) mass is 234 g/mol. The molecule has 1 aliphatic rings. The molecule has 3 nitrogen and oxygen atoms in total. The van der Waals surface area contributed by atoms with Crippen molar-refractivity contribution in [3.63, 3.8) is 0 Å². The van der Waals surface area contributed by atoms with E-state index >= 15 is 0 Å². The highest BCUT2D eigenvalue weighted by atomic mass is 16.5. The Morgan fingerprint density at radius 3 is 2.76 bits per heavy atom. The van der Waals surface area contributed by atoms with E-state index in [0.29, 0.717) is 12.2 Å². The van der Waals surface area contributed by atoms with Crippen LogP contribution in [0.2, 0.25) is 0 Å². The highest BCUT2D eigenvalue weighted by Crippen LogP contribution is 2.25. The van der Waals surface area contributed by atoms with E-state index in [1.165, 1.54) is 24.0 Å². The van der Waals surface area contributed by atoms with Gasteiger partial charge in [0, 0.05) is 0 Å². The van der Waals surface area contributed by atoms with Gasteiger partial charge in [-0.25, -0.2) is 4.79 Å². The highest BCUT2D eigenvalue weighted by molar-refractivity contribution is 5.76. The molecule has 0 saturated carbocycles. The Morgan fingerprint density at radius 1 is 1.35 bits per heavy atom. The number of hydrogen-bond acceptors (Lipinski definition) is 3. The van der Waals surface area contributed by atoms with Crippen molar-refractivity contribution in [1.29, 1.82) is 0 Å². The number of benzene rings is 1. The van der Waals surface area contributed by atoms with E-state index in [-0.39, 0.29) is 0 Å². The fourth-order valence-electron chi connectivity index (χ4n) is 2.28. The highest BCUT2D eigenvalue weighted by Gasteiger charge is 2.20. The van der Waals surface area contributed by atoms with Crippen molar-refractivity contribution in [2.24, 2.45) is 0 Å². The summed E-state index contributed by atoms with van der Waals surface area (Å²) >= 11 is 0. The molecule has 0 heterocycles. The number of rotatable bonds is 3. The molecule has 1 aromatic carbocycles. The molecule has 0 amide bonds. The molecule has 92 valence electrons. The van der Waals surface area contributed by atoms with Crippen molar-refractivity contribution in [1.82, 2.24) is 0 Å². The standard InChI is InChI=1S/C14H18O3/c1-2-17-14(16)13(15)12-8-7-10-5-3-4-6-11(10)9-12/h7-9,13,15H,2-6H2,1H3. The summed E-state index contributed by atoms with van der Waals surface area (Å²) in [5.74, 6) is -0.566. The number of esters is 1. The molecule has 0 saturated heterocycles. The number of aliphatic hydroxyl groups is 1. The van der Waals surface area contributed by atoms with Gasteiger partial charge >= 0.3 is 5.97 Å². The molecule has 3 heteroatoms. The van der Waals surface area contributed by atoms with Crippen molar-refractivity contribution in [2.45, 2.75) is 38.7 Å². The maximum Gasteiger partial charge on any atom is 0.339 e. The van der Waals surface area contributed by atoms with Gasteiger partial charge < -0.3 is 9.84 Å². The quantitative estimate of drug-likeness (QED) is 0.815. The van der Waals surface area contributed by atoms with E-state index in [1.54, 1.807) is 6.92 Å². The fraction of sp³-hybridized carbons (Fsp3) is 0.500. The Kier molecular flexibility index (Phi) is 3.79. The summed E-state index contributed by atoms with van der Waals surface area (Å²) in [7, 11) is 0. The summed E-state index contributed by atoms with van der Waals surface area (Å²) in [6, 6.07) is 5.79. The van der Waals surface area contributed by atoms with Gasteiger partial charge in [-0.2, -0.15) is 0 Å². The zero-order valence-electron chi connectivity index (χ0n) is 10.1. The normalized spacial score (nSPS) is 16.1. The summed E-state index contributed by atoms with van der Waals surface area (Å²) < 4.78 is 4.81. The van der Waals surface area contributed by atoms with E-state index in [9.17, 15) is 9.90 Å². The van der Waals surface area contributed by atoms with Crippen LogP contribution in [0, 0.1) is 0 Å². The average Bonchev–Trinajstić information content (AvgIpc) is 2.37. The Bertz CT molecular complexity index is 412. The summed E-state index contributed by atoms with van der Waals surface area (Å²) in [6.07, 6.45) is 3.41. The van der Waals surface area contributed by atoms with Gasteiger partial charge in [-0.05, 0) is 49.3 Å². The van der Waals surface area contributed by atoms with Gasteiger partial charge in [0.1, 0.15) is 0 Å². The number of carbonyl (C=O) groups excluding carboxylic acids is 1. The minimum Gasteiger partial charge on any atom is -0.464 e. The Morgan fingerprint density at radius 2 is 2.06 bits per heavy atom. The minimum absolute atomic E-state index is 0.292. The van der Waals surface area contributed by atoms with Crippen molar-refractivity contribution < 1.29 is 14.6 Å². The molecular formula is C14H18O3. The van der Waals surface area contributed by atoms with Crippen LogP contribution in [0.1, 0.15) is 42.6 Å². The summed E-state index contributed by atoms with van der Waals surface area (Å²) in [6.45, 7) is 2.03. The van der Waals surface area contributed by atoms with E-state index in [4.69, 9.17) is 4.74 Å². The number of aliphatic hydroxyl groups excluding tert-OH is 1. The molecular weight excluding hydrogens is 216 g/mol. The van der Waals surface area contributed by atoms with Crippen LogP contribution < -0.4 is 0 Å². The predicted octanol–water partition coefficient (Wildman–Crippen LogP) is 2.16. The number of aryl methyl sites for hydroxylation is 2. The molecule has 0 spiro atoms. The molecule has 17 heavy (non-hydrogen) atoms. The number of fused-ring (bicyclic) bond motifs is 1. The van der Waals surface area contributed by atoms with Crippen LogP contribution >= 0.6 is 0 Å². The van der Waals surface area contributed by atoms with Crippen LogP contribution in [0.25, 0.3) is 0 Å². The third-order valence-electron chi connectivity index (χ3n) is 3.20. The fourth-order valence-corrected chi connectivity index (χ4v) is 2.28. The predicted molar refractivity (Wildman–Crippen MR) is 64.7 cm³/mol. The first kappa shape index (κ1) is 12.1. The van der Waals surface area contributed by atoms with Gasteiger partial charge in [0.05, 0.1) is 6.61 Å². The molecule has 2 rings (SSSR count). The molecule has 0 bridgehead atoms. The van der Waals surface area contributed by atoms with Crippen LogP contribution in [-0.2, 0) is 22.4 Å². The Labute approximate surface area is 101 Å². The van der Waals surface area contributed by atoms with Gasteiger partial charge in [-0.15, -0.1) is 0 Å². The second kappa shape index (κ2) is 5.32. The molecule has 1 unspecified atom stereocenters. The Hall–Kier alpha value is -1.35. The zero-order valence-corrected chi connectivity index (χ0v) is 10.1. The van der Waals surface area contributed by atoms with Gasteiger partial charge in [0.25, 0.3) is 0 Å². The number of ether oxygens (including phenoxy) is 1. The number of carbonyl (C=O) groups is 1. The van der Waals surface area contributed by atoms with Gasteiger partial charge in [0.2, 0.25) is 0 Å². The zero-order chi connectivity index (χ0) is 12.3. The minimum atomic E-state index is -1.15. The van der Waals surface area contributed by atoms with Crippen LogP contribution in [0.5, 0.6) is 0 Å². The van der Waals surface area contributed by atoms with Gasteiger partial charge in [-0.3, -0.25) is 0 Å². The SMILES string of the molecule is CCOC(=O)C(O)c1ccc2c(c1)CCCC2. The first-order chi connectivity index (χ1) is 8.22. The lowest BCUT2D eigenvalue weighted by Crippen LogP contribution is -2.16. The third kappa shape index (κ3) is 2.67. The molecule has 1 atom stereocenters. The first-order valence-electron chi connectivity index (χ1n) is 6.18. The molecule has 1 aliphatic carbocycles. The largest absolute Gasteiger partial charge is 0.464 e. The van der Waals surface area contributed by atoms with Gasteiger partial charge in [0.15, 0.2) is 6.10 Å². The summed E-state index contributed by atoms with van der Waals surface area (Å²) in [4.78, 5) is 11.4. The van der Waals surface area contributed by atoms with Crippen molar-refractivity contribution in [2.75, 3.05) is 6.61 Å². The van der Waals surface area contributed by atoms with Crippen LogP contribution in [-0.4, -0.2) is 17.7 Å². The second-order valence-corrected chi connectivity index (χ2v) is 4.39. The van der Waals surface area contributed by atoms with E-state index in [2.05, 4.69) is 0 Å². The van der Waals surface area contributed by atoms with E-state index in [1.807, 2.05) is 18.2 Å². The summed E-state index contributed by atoms with van der Waals surface area (Å²) in [5.41, 5.74) is 3.25. The van der Waals surface area contributed by atoms with Gasteiger partial charge in [-0.1, -0.05) is 18.2 Å². The maximum atomic E-state index is 11.4. The van der Waals surface area contributed by atoms with E-state index in [0.717, 1.165) is 12.8 Å². The first-order valence-corrected chi connectivity index (χ1v) is 6.18. The maximum absolute atomic E-state index is 11.4. The van der Waals surface area contributed by atoms with E-state index < -0.39 is 12.1 Å².